The molecular formula is C14H17ClN2O. The van der Waals surface area contributed by atoms with E-state index in [-0.39, 0.29) is 0 Å². The highest BCUT2D eigenvalue weighted by Crippen LogP contribution is 2.24. The number of nitrogens with zero attached hydrogens (tertiary/aromatic N) is 2. The van der Waals surface area contributed by atoms with Crippen LogP contribution >= 0.6 is 11.6 Å². The molecule has 0 aliphatic rings. The summed E-state index contributed by atoms with van der Waals surface area (Å²) in [5, 5.41) is 15.1. The number of hydrogen-bond acceptors (Lipinski definition) is 2. The van der Waals surface area contributed by atoms with Crippen molar-refractivity contribution < 1.29 is 5.11 Å². The molecule has 0 aliphatic heterocycles. The van der Waals surface area contributed by atoms with Crippen LogP contribution in [0.15, 0.2) is 30.6 Å². The van der Waals surface area contributed by atoms with Crippen molar-refractivity contribution in [3.63, 3.8) is 0 Å². The van der Waals surface area contributed by atoms with Crippen molar-refractivity contribution in [3.05, 3.63) is 52.3 Å². The fourth-order valence-corrected chi connectivity index (χ4v) is 2.26. The Labute approximate surface area is 112 Å². The van der Waals surface area contributed by atoms with Crippen LogP contribution in [-0.2, 0) is 13.0 Å². The summed E-state index contributed by atoms with van der Waals surface area (Å²) in [7, 11) is 0. The van der Waals surface area contributed by atoms with E-state index in [2.05, 4.69) is 5.10 Å². The van der Waals surface area contributed by atoms with Gasteiger partial charge in [-0.2, -0.15) is 5.10 Å². The average molecular weight is 265 g/mol. The number of aryl methyl sites for hydroxylation is 2. The molecule has 18 heavy (non-hydrogen) atoms. The van der Waals surface area contributed by atoms with Crippen LogP contribution in [0.5, 0.6) is 0 Å². The van der Waals surface area contributed by atoms with Crippen LogP contribution in [0.25, 0.3) is 0 Å². The highest BCUT2D eigenvalue weighted by molar-refractivity contribution is 6.30. The third-order valence-corrected chi connectivity index (χ3v) is 3.27. The second-order valence-electron chi connectivity index (χ2n) is 4.43. The molecule has 0 amide bonds. The van der Waals surface area contributed by atoms with E-state index >= 15 is 0 Å². The smallest absolute Gasteiger partial charge is 0.0834 e. The van der Waals surface area contributed by atoms with Gasteiger partial charge in [-0.1, -0.05) is 17.7 Å². The lowest BCUT2D eigenvalue weighted by Gasteiger charge is -2.13. The van der Waals surface area contributed by atoms with Crippen LogP contribution in [0.1, 0.15) is 29.7 Å². The zero-order valence-electron chi connectivity index (χ0n) is 10.6. The maximum Gasteiger partial charge on any atom is 0.0834 e. The molecule has 0 aliphatic carbocycles. The summed E-state index contributed by atoms with van der Waals surface area (Å²) >= 11 is 5.91. The Balaban J connectivity index is 2.13. The zero-order chi connectivity index (χ0) is 13.1. The van der Waals surface area contributed by atoms with Crippen molar-refractivity contribution in [3.8, 4) is 0 Å². The first kappa shape index (κ1) is 13.1. The normalized spacial score (nSPS) is 12.7. The Morgan fingerprint density at radius 2 is 2.22 bits per heavy atom. The topological polar surface area (TPSA) is 38.0 Å². The van der Waals surface area contributed by atoms with Crippen molar-refractivity contribution in [1.29, 1.82) is 0 Å². The lowest BCUT2D eigenvalue weighted by molar-refractivity contribution is 0.177. The van der Waals surface area contributed by atoms with Gasteiger partial charge in [0.15, 0.2) is 0 Å². The fourth-order valence-electron chi connectivity index (χ4n) is 2.03. The number of benzene rings is 1. The molecule has 2 aromatic rings. The van der Waals surface area contributed by atoms with Gasteiger partial charge in [-0.25, -0.2) is 0 Å². The highest BCUT2D eigenvalue weighted by Gasteiger charge is 2.12. The van der Waals surface area contributed by atoms with E-state index in [1.165, 1.54) is 0 Å². The van der Waals surface area contributed by atoms with Gasteiger partial charge in [-0.15, -0.1) is 0 Å². The van der Waals surface area contributed by atoms with Crippen molar-refractivity contribution in [2.24, 2.45) is 0 Å². The number of halogens is 1. The SMILES string of the molecule is CCn1cc(CC(O)c2ccc(Cl)cc2C)cn1. The van der Waals surface area contributed by atoms with Gasteiger partial charge >= 0.3 is 0 Å². The summed E-state index contributed by atoms with van der Waals surface area (Å²) in [5.74, 6) is 0. The van der Waals surface area contributed by atoms with E-state index in [1.807, 2.05) is 42.9 Å². The van der Waals surface area contributed by atoms with Crippen LogP contribution in [0.4, 0.5) is 0 Å². The molecule has 0 saturated carbocycles. The summed E-state index contributed by atoms with van der Waals surface area (Å²) in [6.45, 7) is 4.84. The molecule has 0 radical (unpaired) electrons. The second-order valence-corrected chi connectivity index (χ2v) is 4.86. The number of aliphatic hydroxyl groups excluding tert-OH is 1. The molecule has 0 fully saturated rings. The van der Waals surface area contributed by atoms with E-state index < -0.39 is 6.10 Å². The first-order valence-corrected chi connectivity index (χ1v) is 6.43. The predicted octanol–water partition coefficient (Wildman–Crippen LogP) is 3.14. The average Bonchev–Trinajstić information content (AvgIpc) is 2.76. The molecular weight excluding hydrogens is 248 g/mol. The molecule has 0 bridgehead atoms. The summed E-state index contributed by atoms with van der Waals surface area (Å²) in [6, 6.07) is 5.56. The number of aromatic nitrogens is 2. The molecule has 1 N–H and O–H groups in total. The first-order valence-electron chi connectivity index (χ1n) is 6.05. The quantitative estimate of drug-likeness (QED) is 0.921. The van der Waals surface area contributed by atoms with Gasteiger partial charge in [0.05, 0.1) is 12.3 Å². The molecule has 1 atom stereocenters. The first-order chi connectivity index (χ1) is 8.60. The van der Waals surface area contributed by atoms with Gasteiger partial charge in [0.25, 0.3) is 0 Å². The fraction of sp³-hybridized carbons (Fsp3) is 0.357. The summed E-state index contributed by atoms with van der Waals surface area (Å²) in [5.41, 5.74) is 2.97. The third kappa shape index (κ3) is 2.92. The molecule has 4 heteroatoms. The molecule has 3 nitrogen and oxygen atoms in total. The van der Waals surface area contributed by atoms with Crippen LogP contribution in [0, 0.1) is 6.92 Å². The van der Waals surface area contributed by atoms with Gasteiger partial charge in [-0.3, -0.25) is 4.68 Å². The van der Waals surface area contributed by atoms with Crippen molar-refractivity contribution >= 4 is 11.6 Å². The van der Waals surface area contributed by atoms with Crippen molar-refractivity contribution in [1.82, 2.24) is 9.78 Å². The van der Waals surface area contributed by atoms with Crippen LogP contribution in [0.3, 0.4) is 0 Å². The minimum Gasteiger partial charge on any atom is -0.388 e. The molecule has 2 rings (SSSR count). The summed E-state index contributed by atoms with van der Waals surface area (Å²) in [4.78, 5) is 0. The Kier molecular flexibility index (Phi) is 4.04. The lowest BCUT2D eigenvalue weighted by atomic mass is 9.99. The summed E-state index contributed by atoms with van der Waals surface area (Å²) in [6.07, 6.45) is 3.83. The molecule has 1 aromatic carbocycles. The van der Waals surface area contributed by atoms with Crippen LogP contribution < -0.4 is 0 Å². The maximum absolute atomic E-state index is 10.2. The Morgan fingerprint density at radius 3 is 2.83 bits per heavy atom. The predicted molar refractivity (Wildman–Crippen MR) is 72.8 cm³/mol. The van der Waals surface area contributed by atoms with E-state index in [0.29, 0.717) is 11.4 Å². The van der Waals surface area contributed by atoms with Crippen molar-refractivity contribution in [2.75, 3.05) is 0 Å². The van der Waals surface area contributed by atoms with E-state index in [0.717, 1.165) is 23.2 Å². The summed E-state index contributed by atoms with van der Waals surface area (Å²) < 4.78 is 1.86. The Hall–Kier alpha value is -1.32. The van der Waals surface area contributed by atoms with Gasteiger partial charge in [0.2, 0.25) is 0 Å². The molecule has 1 aromatic heterocycles. The third-order valence-electron chi connectivity index (χ3n) is 3.03. The molecule has 0 saturated heterocycles. The molecule has 0 spiro atoms. The van der Waals surface area contributed by atoms with Gasteiger partial charge in [0, 0.05) is 24.2 Å². The number of hydrogen-bond donors (Lipinski definition) is 1. The van der Waals surface area contributed by atoms with Gasteiger partial charge < -0.3 is 5.11 Å². The molecule has 1 unspecified atom stereocenters. The van der Waals surface area contributed by atoms with E-state index in [4.69, 9.17) is 11.6 Å². The highest BCUT2D eigenvalue weighted by atomic mass is 35.5. The van der Waals surface area contributed by atoms with E-state index in [9.17, 15) is 5.11 Å². The standard InChI is InChI=1S/C14H17ClN2O/c1-3-17-9-11(8-16-17)7-14(18)13-5-4-12(15)6-10(13)2/h4-6,8-9,14,18H,3,7H2,1-2H3. The van der Waals surface area contributed by atoms with E-state index in [1.54, 1.807) is 6.20 Å². The van der Waals surface area contributed by atoms with Crippen molar-refractivity contribution in [2.45, 2.75) is 32.9 Å². The molecule has 96 valence electrons. The van der Waals surface area contributed by atoms with Gasteiger partial charge in [0.1, 0.15) is 0 Å². The van der Waals surface area contributed by atoms with Crippen LogP contribution in [0.2, 0.25) is 5.02 Å². The second kappa shape index (κ2) is 5.55. The Bertz CT molecular complexity index is 536. The number of aliphatic hydroxyl groups is 1. The maximum atomic E-state index is 10.2. The largest absolute Gasteiger partial charge is 0.388 e. The minimum atomic E-state index is -0.517. The lowest BCUT2D eigenvalue weighted by Crippen LogP contribution is -2.03. The zero-order valence-corrected chi connectivity index (χ0v) is 11.4. The number of rotatable bonds is 4. The molecule has 1 heterocycles. The Morgan fingerprint density at radius 1 is 1.44 bits per heavy atom. The monoisotopic (exact) mass is 264 g/mol. The van der Waals surface area contributed by atoms with Crippen LogP contribution in [-0.4, -0.2) is 14.9 Å². The van der Waals surface area contributed by atoms with Gasteiger partial charge in [-0.05, 0) is 42.7 Å². The minimum absolute atomic E-state index is 0.517.